The van der Waals surface area contributed by atoms with E-state index in [9.17, 15) is 4.39 Å². The third-order valence-corrected chi connectivity index (χ3v) is 4.38. The highest BCUT2D eigenvalue weighted by molar-refractivity contribution is 6.05. The fourth-order valence-corrected chi connectivity index (χ4v) is 3.13. The molecule has 140 valence electrons. The van der Waals surface area contributed by atoms with Crippen molar-refractivity contribution in [3.63, 3.8) is 0 Å². The minimum Gasteiger partial charge on any atom is -0.378 e. The summed E-state index contributed by atoms with van der Waals surface area (Å²) in [6, 6.07) is 16.1. The summed E-state index contributed by atoms with van der Waals surface area (Å²) in [5.41, 5.74) is 7.53. The van der Waals surface area contributed by atoms with Gasteiger partial charge in [0, 0.05) is 24.5 Å². The highest BCUT2D eigenvalue weighted by atomic mass is 19.1. The van der Waals surface area contributed by atoms with Crippen LogP contribution >= 0.6 is 0 Å². The van der Waals surface area contributed by atoms with Gasteiger partial charge in [-0.2, -0.15) is 4.99 Å². The molecule has 1 saturated heterocycles. The van der Waals surface area contributed by atoms with Crippen molar-refractivity contribution in [3.8, 4) is 0 Å². The van der Waals surface area contributed by atoms with E-state index in [1.165, 1.54) is 12.1 Å². The van der Waals surface area contributed by atoms with E-state index in [2.05, 4.69) is 20.2 Å². The molecule has 1 fully saturated rings. The second-order valence-electron chi connectivity index (χ2n) is 6.23. The molecule has 2 aromatic rings. The number of benzene rings is 2. The number of halogens is 1. The largest absolute Gasteiger partial charge is 0.378 e. The molecular weight excluding hydrogens is 347 g/mol. The second-order valence-corrected chi connectivity index (χ2v) is 6.23. The standard InChI is InChI=1S/C19H21FN6O/c20-14-5-4-6-15(13-14)22-18-23-17(21)24-19(25-9-11-27-12-10-25)26(18)16-7-2-1-3-8-16/h1-8,13,18,22H,9-12H2,(H2,21,23). The molecule has 2 aliphatic heterocycles. The van der Waals surface area contributed by atoms with Gasteiger partial charge in [0.25, 0.3) is 0 Å². The van der Waals surface area contributed by atoms with E-state index in [4.69, 9.17) is 10.5 Å². The Kier molecular flexibility index (Phi) is 4.88. The van der Waals surface area contributed by atoms with Crippen LogP contribution in [0.5, 0.6) is 0 Å². The van der Waals surface area contributed by atoms with Crippen molar-refractivity contribution in [2.24, 2.45) is 15.7 Å². The summed E-state index contributed by atoms with van der Waals surface area (Å²) < 4.78 is 19.1. The predicted molar refractivity (Wildman–Crippen MR) is 104 cm³/mol. The Balaban J connectivity index is 1.71. The highest BCUT2D eigenvalue weighted by Gasteiger charge is 2.31. The van der Waals surface area contributed by atoms with E-state index in [0.29, 0.717) is 38.0 Å². The molecule has 0 aliphatic carbocycles. The van der Waals surface area contributed by atoms with E-state index in [1.54, 1.807) is 12.1 Å². The van der Waals surface area contributed by atoms with Crippen molar-refractivity contribution >= 4 is 23.3 Å². The first kappa shape index (κ1) is 17.3. The number of para-hydroxylation sites is 1. The van der Waals surface area contributed by atoms with E-state index in [0.717, 1.165) is 5.69 Å². The first-order chi connectivity index (χ1) is 13.2. The SMILES string of the molecule is NC1=NC(Nc2cccc(F)c2)N(c2ccccc2)C(N2CCOCC2)=N1. The van der Waals surface area contributed by atoms with Crippen LogP contribution in [0.3, 0.4) is 0 Å². The zero-order valence-corrected chi connectivity index (χ0v) is 14.8. The van der Waals surface area contributed by atoms with Crippen LogP contribution in [0, 0.1) is 5.82 Å². The fraction of sp³-hybridized carbons (Fsp3) is 0.263. The molecule has 0 radical (unpaired) electrons. The Bertz CT molecular complexity index is 850. The molecule has 7 nitrogen and oxygen atoms in total. The van der Waals surface area contributed by atoms with Crippen LogP contribution in [-0.2, 0) is 4.74 Å². The number of rotatable bonds is 3. The third kappa shape index (κ3) is 3.85. The number of morpholine rings is 1. The van der Waals surface area contributed by atoms with Crippen LogP contribution < -0.4 is 16.0 Å². The lowest BCUT2D eigenvalue weighted by atomic mass is 10.2. The zero-order valence-electron chi connectivity index (χ0n) is 14.8. The molecule has 1 unspecified atom stereocenters. The molecule has 0 bridgehead atoms. The lowest BCUT2D eigenvalue weighted by Gasteiger charge is -2.41. The van der Waals surface area contributed by atoms with Gasteiger partial charge in [0.2, 0.25) is 18.2 Å². The molecule has 1 atom stereocenters. The van der Waals surface area contributed by atoms with Crippen molar-refractivity contribution in [2.45, 2.75) is 6.29 Å². The number of anilines is 2. The van der Waals surface area contributed by atoms with Gasteiger partial charge in [-0.25, -0.2) is 9.38 Å². The number of nitrogens with one attached hydrogen (secondary N) is 1. The fourth-order valence-electron chi connectivity index (χ4n) is 3.13. The molecule has 0 amide bonds. The lowest BCUT2D eigenvalue weighted by molar-refractivity contribution is 0.0671. The summed E-state index contributed by atoms with van der Waals surface area (Å²) in [6.07, 6.45) is -0.551. The van der Waals surface area contributed by atoms with Gasteiger partial charge in [0.1, 0.15) is 5.82 Å². The Morgan fingerprint density at radius 2 is 1.85 bits per heavy atom. The molecule has 0 saturated carbocycles. The number of hydrogen-bond acceptors (Lipinski definition) is 7. The van der Waals surface area contributed by atoms with Gasteiger partial charge in [-0.3, -0.25) is 4.90 Å². The molecule has 8 heteroatoms. The van der Waals surface area contributed by atoms with E-state index < -0.39 is 6.29 Å². The molecule has 4 rings (SSSR count). The summed E-state index contributed by atoms with van der Waals surface area (Å²) in [4.78, 5) is 13.0. The first-order valence-electron chi connectivity index (χ1n) is 8.82. The molecule has 0 spiro atoms. The van der Waals surface area contributed by atoms with Crippen LogP contribution in [0.25, 0.3) is 0 Å². The first-order valence-corrected chi connectivity index (χ1v) is 8.82. The maximum atomic E-state index is 13.6. The molecule has 2 aliphatic rings. The summed E-state index contributed by atoms with van der Waals surface area (Å²) in [6.45, 7) is 2.67. The van der Waals surface area contributed by atoms with Crippen LogP contribution in [0.15, 0.2) is 64.6 Å². The average molecular weight is 368 g/mol. The molecule has 2 heterocycles. The van der Waals surface area contributed by atoms with Gasteiger partial charge in [0.05, 0.1) is 13.2 Å². The quantitative estimate of drug-likeness (QED) is 0.867. The van der Waals surface area contributed by atoms with Crippen molar-refractivity contribution in [3.05, 3.63) is 60.4 Å². The summed E-state index contributed by atoms with van der Waals surface area (Å²) >= 11 is 0. The van der Waals surface area contributed by atoms with Crippen LogP contribution in [0.2, 0.25) is 0 Å². The van der Waals surface area contributed by atoms with E-state index in [1.807, 2.05) is 35.2 Å². The smallest absolute Gasteiger partial charge is 0.222 e. The van der Waals surface area contributed by atoms with Gasteiger partial charge < -0.3 is 20.7 Å². The van der Waals surface area contributed by atoms with Gasteiger partial charge in [-0.1, -0.05) is 24.3 Å². The van der Waals surface area contributed by atoms with E-state index in [-0.39, 0.29) is 11.8 Å². The highest BCUT2D eigenvalue weighted by Crippen LogP contribution is 2.24. The Hall–Kier alpha value is -3.13. The average Bonchev–Trinajstić information content (AvgIpc) is 2.69. The Morgan fingerprint density at radius 3 is 2.59 bits per heavy atom. The second kappa shape index (κ2) is 7.63. The number of nitrogens with zero attached hydrogens (tertiary/aromatic N) is 4. The van der Waals surface area contributed by atoms with Crippen molar-refractivity contribution in [2.75, 3.05) is 36.5 Å². The van der Waals surface area contributed by atoms with Crippen LogP contribution in [0.1, 0.15) is 0 Å². The molecule has 3 N–H and O–H groups in total. The number of hydrogen-bond donors (Lipinski definition) is 2. The lowest BCUT2D eigenvalue weighted by Crippen LogP contribution is -2.57. The topological polar surface area (TPSA) is 78.5 Å². The number of guanidine groups is 2. The molecule has 2 aromatic carbocycles. The van der Waals surface area contributed by atoms with Gasteiger partial charge in [0.15, 0.2) is 0 Å². The molecule has 27 heavy (non-hydrogen) atoms. The normalized spacial score (nSPS) is 20.1. The molecule has 0 aromatic heterocycles. The number of aliphatic imine (C=N–C) groups is 2. The van der Waals surface area contributed by atoms with Crippen molar-refractivity contribution < 1.29 is 9.13 Å². The Morgan fingerprint density at radius 1 is 1.07 bits per heavy atom. The summed E-state index contributed by atoms with van der Waals surface area (Å²) in [5.74, 6) is 0.560. The van der Waals surface area contributed by atoms with Gasteiger partial charge in [-0.15, -0.1) is 0 Å². The minimum atomic E-state index is -0.551. The number of nitrogens with two attached hydrogens (primary N) is 1. The monoisotopic (exact) mass is 368 g/mol. The van der Waals surface area contributed by atoms with E-state index >= 15 is 0 Å². The summed E-state index contributed by atoms with van der Waals surface area (Å²) in [5, 5.41) is 3.25. The van der Waals surface area contributed by atoms with Crippen molar-refractivity contribution in [1.29, 1.82) is 0 Å². The number of ether oxygens (including phenoxy) is 1. The van der Waals surface area contributed by atoms with Crippen LogP contribution in [-0.4, -0.2) is 49.4 Å². The zero-order chi connectivity index (χ0) is 18.6. The molecular formula is C19H21FN6O. The summed E-state index contributed by atoms with van der Waals surface area (Å²) in [7, 11) is 0. The van der Waals surface area contributed by atoms with Gasteiger partial charge in [-0.05, 0) is 30.3 Å². The maximum Gasteiger partial charge on any atom is 0.222 e. The minimum absolute atomic E-state index is 0.178. The van der Waals surface area contributed by atoms with Crippen molar-refractivity contribution in [1.82, 2.24) is 4.90 Å². The maximum absolute atomic E-state index is 13.6. The van der Waals surface area contributed by atoms with Gasteiger partial charge >= 0.3 is 0 Å². The van der Waals surface area contributed by atoms with Crippen LogP contribution in [0.4, 0.5) is 15.8 Å². The Labute approximate surface area is 157 Å². The third-order valence-electron chi connectivity index (χ3n) is 4.38. The predicted octanol–water partition coefficient (Wildman–Crippen LogP) is 2.04.